The van der Waals surface area contributed by atoms with E-state index in [1.807, 2.05) is 0 Å². The summed E-state index contributed by atoms with van der Waals surface area (Å²) in [5, 5.41) is 0. The molecule has 0 saturated carbocycles. The number of benzene rings is 1. The molecule has 0 amide bonds. The van der Waals surface area contributed by atoms with Crippen molar-refractivity contribution >= 4 is 5.69 Å². The maximum Gasteiger partial charge on any atom is 0.0368 e. The lowest BCUT2D eigenvalue weighted by Crippen LogP contribution is -2.32. The number of hydrogen-bond acceptors (Lipinski definition) is 1. The predicted octanol–water partition coefficient (Wildman–Crippen LogP) is 4.09. The van der Waals surface area contributed by atoms with E-state index in [4.69, 9.17) is 0 Å². The summed E-state index contributed by atoms with van der Waals surface area (Å²) >= 11 is 0. The fourth-order valence-electron chi connectivity index (χ4n) is 2.02. The van der Waals surface area contributed by atoms with E-state index in [2.05, 4.69) is 56.0 Å². The van der Waals surface area contributed by atoms with E-state index in [9.17, 15) is 0 Å². The van der Waals surface area contributed by atoms with Crippen LogP contribution in [0.4, 0.5) is 5.69 Å². The van der Waals surface area contributed by atoms with E-state index in [1.54, 1.807) is 0 Å². The Balaban J connectivity index is 2.63. The number of nitrogens with zero attached hydrogens (tertiary/aromatic N) is 1. The third-order valence-electron chi connectivity index (χ3n) is 2.94. The Bertz CT molecular complexity index is 255. The zero-order valence-electron chi connectivity index (χ0n) is 10.2. The average molecular weight is 205 g/mol. The number of unbranched alkanes of at least 4 members (excludes halogenated alkanes) is 1. The van der Waals surface area contributed by atoms with Gasteiger partial charge in [0.25, 0.3) is 0 Å². The van der Waals surface area contributed by atoms with E-state index in [0.717, 1.165) is 6.54 Å². The van der Waals surface area contributed by atoms with Crippen molar-refractivity contribution in [3.05, 3.63) is 30.3 Å². The number of rotatable bonds is 6. The van der Waals surface area contributed by atoms with Crippen LogP contribution in [0.5, 0.6) is 0 Å². The highest BCUT2D eigenvalue weighted by atomic mass is 15.1. The van der Waals surface area contributed by atoms with Gasteiger partial charge in [0.05, 0.1) is 0 Å². The molecule has 0 bridgehead atoms. The highest BCUT2D eigenvalue weighted by Gasteiger charge is 2.11. The lowest BCUT2D eigenvalue weighted by molar-refractivity contribution is 0.568. The molecular formula is C14H23N. The lowest BCUT2D eigenvalue weighted by Gasteiger charge is -2.30. The normalized spacial score (nSPS) is 12.5. The number of para-hydroxylation sites is 1. The van der Waals surface area contributed by atoms with Gasteiger partial charge in [-0.1, -0.05) is 38.0 Å². The summed E-state index contributed by atoms with van der Waals surface area (Å²) in [6.45, 7) is 7.90. The van der Waals surface area contributed by atoms with Gasteiger partial charge in [-0.3, -0.25) is 0 Å². The van der Waals surface area contributed by atoms with Crippen molar-refractivity contribution in [3.8, 4) is 0 Å². The Morgan fingerprint density at radius 2 is 1.80 bits per heavy atom. The molecule has 84 valence electrons. The van der Waals surface area contributed by atoms with Crippen molar-refractivity contribution in [3.63, 3.8) is 0 Å². The van der Waals surface area contributed by atoms with Crippen LogP contribution in [-0.2, 0) is 0 Å². The second-order valence-corrected chi connectivity index (χ2v) is 4.11. The van der Waals surface area contributed by atoms with Gasteiger partial charge >= 0.3 is 0 Å². The summed E-state index contributed by atoms with van der Waals surface area (Å²) in [6, 6.07) is 11.4. The second-order valence-electron chi connectivity index (χ2n) is 4.11. The summed E-state index contributed by atoms with van der Waals surface area (Å²) in [5.74, 6) is 0. The van der Waals surface area contributed by atoms with E-state index < -0.39 is 0 Å². The topological polar surface area (TPSA) is 3.24 Å². The SMILES string of the molecule is CCCCC(C)N(CC)c1ccccc1. The van der Waals surface area contributed by atoms with Gasteiger partial charge in [0.2, 0.25) is 0 Å². The van der Waals surface area contributed by atoms with Crippen LogP contribution in [0, 0.1) is 0 Å². The van der Waals surface area contributed by atoms with Crippen molar-refractivity contribution in [2.75, 3.05) is 11.4 Å². The predicted molar refractivity (Wildman–Crippen MR) is 68.4 cm³/mol. The molecule has 0 saturated heterocycles. The monoisotopic (exact) mass is 205 g/mol. The van der Waals surface area contributed by atoms with Gasteiger partial charge in [-0.25, -0.2) is 0 Å². The summed E-state index contributed by atoms with van der Waals surface area (Å²) in [5.41, 5.74) is 1.35. The van der Waals surface area contributed by atoms with Crippen LogP contribution < -0.4 is 4.90 Å². The van der Waals surface area contributed by atoms with Gasteiger partial charge in [-0.2, -0.15) is 0 Å². The molecule has 1 unspecified atom stereocenters. The smallest absolute Gasteiger partial charge is 0.0368 e. The van der Waals surface area contributed by atoms with E-state index in [1.165, 1.54) is 24.9 Å². The Kier molecular flexibility index (Phi) is 5.23. The first-order chi connectivity index (χ1) is 7.29. The van der Waals surface area contributed by atoms with Crippen molar-refractivity contribution in [2.45, 2.75) is 46.1 Å². The van der Waals surface area contributed by atoms with Gasteiger partial charge in [-0.05, 0) is 32.4 Å². The molecule has 1 heteroatoms. The van der Waals surface area contributed by atoms with Crippen LogP contribution in [0.15, 0.2) is 30.3 Å². The fourth-order valence-corrected chi connectivity index (χ4v) is 2.02. The second kappa shape index (κ2) is 6.49. The van der Waals surface area contributed by atoms with Crippen LogP contribution in [0.1, 0.15) is 40.0 Å². The molecule has 0 aromatic heterocycles. The van der Waals surface area contributed by atoms with Crippen LogP contribution in [0.3, 0.4) is 0 Å². The van der Waals surface area contributed by atoms with Crippen molar-refractivity contribution in [1.82, 2.24) is 0 Å². The van der Waals surface area contributed by atoms with Crippen molar-refractivity contribution in [2.24, 2.45) is 0 Å². The van der Waals surface area contributed by atoms with Gasteiger partial charge in [0.15, 0.2) is 0 Å². The van der Waals surface area contributed by atoms with Crippen LogP contribution >= 0.6 is 0 Å². The first kappa shape index (κ1) is 12.1. The standard InChI is InChI=1S/C14H23N/c1-4-6-10-13(3)15(5-2)14-11-8-7-9-12-14/h7-9,11-13H,4-6,10H2,1-3H3. The number of anilines is 1. The molecule has 0 heterocycles. The molecule has 0 aliphatic heterocycles. The third kappa shape index (κ3) is 3.58. The summed E-state index contributed by atoms with van der Waals surface area (Å²) < 4.78 is 0. The molecule has 0 aliphatic rings. The van der Waals surface area contributed by atoms with E-state index >= 15 is 0 Å². The lowest BCUT2D eigenvalue weighted by atomic mass is 10.1. The van der Waals surface area contributed by atoms with Gasteiger partial charge in [-0.15, -0.1) is 0 Å². The van der Waals surface area contributed by atoms with E-state index in [-0.39, 0.29) is 0 Å². The maximum absolute atomic E-state index is 2.48. The molecule has 1 nitrogen and oxygen atoms in total. The minimum Gasteiger partial charge on any atom is -0.369 e. The summed E-state index contributed by atoms with van der Waals surface area (Å²) in [4.78, 5) is 2.48. The molecule has 1 aromatic carbocycles. The third-order valence-corrected chi connectivity index (χ3v) is 2.94. The molecule has 0 N–H and O–H groups in total. The molecule has 15 heavy (non-hydrogen) atoms. The van der Waals surface area contributed by atoms with Crippen molar-refractivity contribution in [1.29, 1.82) is 0 Å². The Morgan fingerprint density at radius 1 is 1.13 bits per heavy atom. The van der Waals surface area contributed by atoms with Gasteiger partial charge in [0, 0.05) is 18.3 Å². The quantitative estimate of drug-likeness (QED) is 0.676. The van der Waals surface area contributed by atoms with Crippen molar-refractivity contribution < 1.29 is 0 Å². The molecule has 1 rings (SSSR count). The largest absolute Gasteiger partial charge is 0.369 e. The Labute approximate surface area is 94.1 Å². The van der Waals surface area contributed by atoms with E-state index in [0.29, 0.717) is 6.04 Å². The minimum atomic E-state index is 0.650. The minimum absolute atomic E-state index is 0.650. The molecule has 0 fully saturated rings. The molecule has 1 atom stereocenters. The number of hydrogen-bond donors (Lipinski definition) is 0. The van der Waals surface area contributed by atoms with Gasteiger partial charge in [0.1, 0.15) is 0 Å². The maximum atomic E-state index is 2.48. The van der Waals surface area contributed by atoms with Crippen LogP contribution in [0.25, 0.3) is 0 Å². The molecule has 0 radical (unpaired) electrons. The van der Waals surface area contributed by atoms with Crippen LogP contribution in [-0.4, -0.2) is 12.6 Å². The molecule has 0 spiro atoms. The molecule has 0 aliphatic carbocycles. The molecule has 1 aromatic rings. The zero-order chi connectivity index (χ0) is 11.1. The Hall–Kier alpha value is -0.980. The first-order valence-electron chi connectivity index (χ1n) is 6.11. The zero-order valence-corrected chi connectivity index (χ0v) is 10.2. The average Bonchev–Trinajstić information content (AvgIpc) is 2.29. The van der Waals surface area contributed by atoms with Crippen LogP contribution in [0.2, 0.25) is 0 Å². The summed E-state index contributed by atoms with van der Waals surface area (Å²) in [6.07, 6.45) is 3.90. The summed E-state index contributed by atoms with van der Waals surface area (Å²) in [7, 11) is 0. The molecular weight excluding hydrogens is 182 g/mol. The van der Waals surface area contributed by atoms with Gasteiger partial charge < -0.3 is 4.90 Å². The highest BCUT2D eigenvalue weighted by molar-refractivity contribution is 5.46. The Morgan fingerprint density at radius 3 is 2.33 bits per heavy atom. The highest BCUT2D eigenvalue weighted by Crippen LogP contribution is 2.18. The first-order valence-corrected chi connectivity index (χ1v) is 6.11. The fraction of sp³-hybridized carbons (Fsp3) is 0.571.